The van der Waals surface area contributed by atoms with Gasteiger partial charge in [0.15, 0.2) is 0 Å². The van der Waals surface area contributed by atoms with E-state index in [1.54, 1.807) is 0 Å². The molecule has 0 aromatic heterocycles. The van der Waals surface area contributed by atoms with Crippen molar-refractivity contribution < 1.29 is 23.2 Å². The molecule has 114 valence electrons. The van der Waals surface area contributed by atoms with Crippen LogP contribution in [-0.4, -0.2) is 30.3 Å². The van der Waals surface area contributed by atoms with E-state index in [0.29, 0.717) is 11.8 Å². The molecule has 5 atom stereocenters. The summed E-state index contributed by atoms with van der Waals surface area (Å²) in [6.45, 7) is 6.37. The van der Waals surface area contributed by atoms with Gasteiger partial charge in [0.05, 0.1) is 25.4 Å². The first-order valence-corrected chi connectivity index (χ1v) is 8.51. The van der Waals surface area contributed by atoms with Gasteiger partial charge in [0.1, 0.15) is 0 Å². The molecule has 5 unspecified atom stereocenters. The normalized spacial score (nSPS) is 36.1. The standard InChI is InChI=1S/C14H23O5P/c1-10-11(2)14(19-12(10)3)9-18-20(15,16)17-8-13-6-4-5-7-13/h4,6-7,10-12,14H,5,8-9H2,1-3H3,(H,15,16). The van der Waals surface area contributed by atoms with Crippen molar-refractivity contribution >= 4 is 7.82 Å². The van der Waals surface area contributed by atoms with Crippen LogP contribution in [0.3, 0.4) is 0 Å². The van der Waals surface area contributed by atoms with Crippen LogP contribution in [0.5, 0.6) is 0 Å². The van der Waals surface area contributed by atoms with E-state index in [0.717, 1.165) is 12.0 Å². The number of phosphoric acid groups is 1. The smallest absolute Gasteiger partial charge is 0.372 e. The number of hydrogen-bond acceptors (Lipinski definition) is 4. The van der Waals surface area contributed by atoms with E-state index >= 15 is 0 Å². The highest BCUT2D eigenvalue weighted by Gasteiger charge is 2.38. The van der Waals surface area contributed by atoms with Crippen molar-refractivity contribution in [1.82, 2.24) is 0 Å². The molecule has 0 aromatic carbocycles. The predicted molar refractivity (Wildman–Crippen MR) is 76.2 cm³/mol. The average molecular weight is 302 g/mol. The molecular weight excluding hydrogens is 279 g/mol. The molecule has 0 bridgehead atoms. The Bertz CT molecular complexity index is 445. The van der Waals surface area contributed by atoms with Gasteiger partial charge in [-0.25, -0.2) is 4.57 Å². The fourth-order valence-corrected chi connectivity index (χ4v) is 3.18. The zero-order chi connectivity index (χ0) is 14.8. The van der Waals surface area contributed by atoms with E-state index in [1.165, 1.54) is 0 Å². The fourth-order valence-electron chi connectivity index (χ4n) is 2.46. The number of rotatable bonds is 6. The van der Waals surface area contributed by atoms with Gasteiger partial charge in [0.25, 0.3) is 0 Å². The molecule has 1 aliphatic heterocycles. The van der Waals surface area contributed by atoms with E-state index in [2.05, 4.69) is 13.8 Å². The molecule has 1 fully saturated rings. The number of ether oxygens (including phenoxy) is 1. The zero-order valence-electron chi connectivity index (χ0n) is 12.2. The lowest BCUT2D eigenvalue weighted by molar-refractivity contribution is 0.00354. The van der Waals surface area contributed by atoms with Crippen LogP contribution < -0.4 is 0 Å². The second-order valence-electron chi connectivity index (χ2n) is 5.55. The van der Waals surface area contributed by atoms with E-state index in [4.69, 9.17) is 13.8 Å². The highest BCUT2D eigenvalue weighted by Crippen LogP contribution is 2.45. The molecule has 6 heteroatoms. The third-order valence-corrected chi connectivity index (χ3v) is 5.12. The molecule has 0 aromatic rings. The summed E-state index contributed by atoms with van der Waals surface area (Å²) in [5.41, 5.74) is 0.899. The molecule has 0 amide bonds. The van der Waals surface area contributed by atoms with Gasteiger partial charge in [-0.15, -0.1) is 0 Å². The monoisotopic (exact) mass is 302 g/mol. The van der Waals surface area contributed by atoms with Crippen LogP contribution in [0.25, 0.3) is 0 Å². The van der Waals surface area contributed by atoms with Gasteiger partial charge < -0.3 is 9.63 Å². The summed E-state index contributed by atoms with van der Waals surface area (Å²) in [4.78, 5) is 9.66. The molecule has 20 heavy (non-hydrogen) atoms. The van der Waals surface area contributed by atoms with E-state index in [1.807, 2.05) is 25.2 Å². The Morgan fingerprint density at radius 3 is 2.65 bits per heavy atom. The summed E-state index contributed by atoms with van der Waals surface area (Å²) in [6.07, 6.45) is 6.63. The highest BCUT2D eigenvalue weighted by molar-refractivity contribution is 7.47. The summed E-state index contributed by atoms with van der Waals surface area (Å²) in [7, 11) is -4.02. The van der Waals surface area contributed by atoms with Crippen molar-refractivity contribution in [2.75, 3.05) is 13.2 Å². The van der Waals surface area contributed by atoms with Crippen LogP contribution >= 0.6 is 7.82 Å². The van der Waals surface area contributed by atoms with E-state index < -0.39 is 7.82 Å². The third-order valence-electron chi connectivity index (χ3n) is 4.19. The largest absolute Gasteiger partial charge is 0.472 e. The van der Waals surface area contributed by atoms with Crippen LogP contribution in [0, 0.1) is 11.8 Å². The van der Waals surface area contributed by atoms with Gasteiger partial charge in [0, 0.05) is 0 Å². The first-order chi connectivity index (χ1) is 9.39. The predicted octanol–water partition coefficient (Wildman–Crippen LogP) is 3.07. The molecule has 1 heterocycles. The van der Waals surface area contributed by atoms with Gasteiger partial charge in [-0.3, -0.25) is 9.05 Å². The highest BCUT2D eigenvalue weighted by atomic mass is 31.2. The van der Waals surface area contributed by atoms with Crippen LogP contribution in [0.15, 0.2) is 23.8 Å². The minimum atomic E-state index is -4.02. The maximum atomic E-state index is 11.8. The molecule has 0 spiro atoms. The molecular formula is C14H23O5P. The second kappa shape index (κ2) is 6.54. The Labute approximate surface area is 120 Å². The van der Waals surface area contributed by atoms with E-state index in [-0.39, 0.29) is 25.4 Å². The Balaban J connectivity index is 1.77. The summed E-state index contributed by atoms with van der Waals surface area (Å²) < 4.78 is 27.6. The SMILES string of the molecule is CC1OC(COP(=O)(O)OCC2=CCC=C2)C(C)C1C. The maximum Gasteiger partial charge on any atom is 0.472 e. The first kappa shape index (κ1) is 15.9. The summed E-state index contributed by atoms with van der Waals surface area (Å²) >= 11 is 0. The van der Waals surface area contributed by atoms with Gasteiger partial charge in [-0.2, -0.15) is 0 Å². The van der Waals surface area contributed by atoms with Crippen molar-refractivity contribution in [2.45, 2.75) is 39.4 Å². The molecule has 1 aliphatic carbocycles. The minimum absolute atomic E-state index is 0.0819. The molecule has 1 N–H and O–H groups in total. The average Bonchev–Trinajstić information content (AvgIpc) is 2.99. The molecule has 0 radical (unpaired) electrons. The van der Waals surface area contributed by atoms with Crippen LogP contribution in [0.4, 0.5) is 0 Å². The molecule has 5 nitrogen and oxygen atoms in total. The lowest BCUT2D eigenvalue weighted by Crippen LogP contribution is -2.22. The number of allylic oxidation sites excluding steroid dienone is 2. The second-order valence-corrected chi connectivity index (χ2v) is 7.01. The molecule has 2 aliphatic rings. The first-order valence-electron chi connectivity index (χ1n) is 7.02. The Kier molecular flexibility index (Phi) is 5.21. The van der Waals surface area contributed by atoms with Gasteiger partial charge in [-0.1, -0.05) is 32.1 Å². The van der Waals surface area contributed by atoms with Gasteiger partial charge in [-0.05, 0) is 30.8 Å². The van der Waals surface area contributed by atoms with Crippen molar-refractivity contribution in [2.24, 2.45) is 11.8 Å². The quantitative estimate of drug-likeness (QED) is 0.764. The summed E-state index contributed by atoms with van der Waals surface area (Å²) in [5.74, 6) is 0.710. The van der Waals surface area contributed by atoms with Crippen LogP contribution in [0.1, 0.15) is 27.2 Å². The van der Waals surface area contributed by atoms with Crippen molar-refractivity contribution in [3.8, 4) is 0 Å². The Morgan fingerprint density at radius 1 is 1.35 bits per heavy atom. The molecule has 0 saturated carbocycles. The number of hydrogen-bond donors (Lipinski definition) is 1. The Morgan fingerprint density at radius 2 is 2.10 bits per heavy atom. The van der Waals surface area contributed by atoms with Crippen molar-refractivity contribution in [1.29, 1.82) is 0 Å². The fraction of sp³-hybridized carbons (Fsp3) is 0.714. The zero-order valence-corrected chi connectivity index (χ0v) is 13.1. The topological polar surface area (TPSA) is 65.0 Å². The summed E-state index contributed by atoms with van der Waals surface area (Å²) in [6, 6.07) is 0. The maximum absolute atomic E-state index is 11.8. The van der Waals surface area contributed by atoms with Crippen LogP contribution in [-0.2, 0) is 18.3 Å². The van der Waals surface area contributed by atoms with Crippen molar-refractivity contribution in [3.05, 3.63) is 23.8 Å². The molecule has 1 saturated heterocycles. The van der Waals surface area contributed by atoms with Gasteiger partial charge in [0.2, 0.25) is 0 Å². The van der Waals surface area contributed by atoms with Crippen LogP contribution in [0.2, 0.25) is 0 Å². The lowest BCUT2D eigenvalue weighted by atomic mass is 9.91. The van der Waals surface area contributed by atoms with Crippen molar-refractivity contribution in [3.63, 3.8) is 0 Å². The lowest BCUT2D eigenvalue weighted by Gasteiger charge is -2.18. The Hall–Kier alpha value is -0.450. The third kappa shape index (κ3) is 4.03. The number of phosphoric ester groups is 1. The minimum Gasteiger partial charge on any atom is -0.372 e. The van der Waals surface area contributed by atoms with E-state index in [9.17, 15) is 9.46 Å². The van der Waals surface area contributed by atoms with Gasteiger partial charge >= 0.3 is 7.82 Å². The molecule has 2 rings (SSSR count). The summed E-state index contributed by atoms with van der Waals surface area (Å²) in [5, 5.41) is 0.